The van der Waals surface area contributed by atoms with Gasteiger partial charge in [0, 0.05) is 16.1 Å². The van der Waals surface area contributed by atoms with E-state index >= 15 is 0 Å². The molecule has 3 nitrogen and oxygen atoms in total. The zero-order valence-electron chi connectivity index (χ0n) is 8.20. The number of fused-ring (bicyclic) bond motifs is 1. The summed E-state index contributed by atoms with van der Waals surface area (Å²) >= 11 is 3.44. The summed E-state index contributed by atoms with van der Waals surface area (Å²) in [6.45, 7) is 1.97. The van der Waals surface area contributed by atoms with Crippen LogP contribution in [0.25, 0.3) is 10.9 Å². The maximum Gasteiger partial charge on any atom is 0.323 e. The highest BCUT2D eigenvalue weighted by atomic mass is 79.9. The maximum absolute atomic E-state index is 10.7. The Kier molecular flexibility index (Phi) is 2.52. The number of carboxylic acid groups (broad SMARTS) is 1. The van der Waals surface area contributed by atoms with Crippen molar-refractivity contribution in [2.45, 2.75) is 13.5 Å². The monoisotopic (exact) mass is 267 g/mol. The lowest BCUT2D eigenvalue weighted by atomic mass is 10.2. The Bertz CT molecular complexity index is 531. The van der Waals surface area contributed by atoms with E-state index in [-0.39, 0.29) is 6.54 Å². The van der Waals surface area contributed by atoms with Crippen LogP contribution in [-0.4, -0.2) is 15.6 Å². The first-order chi connectivity index (χ1) is 7.09. The lowest BCUT2D eigenvalue weighted by molar-refractivity contribution is -0.137. The first-order valence-corrected chi connectivity index (χ1v) is 5.34. The van der Waals surface area contributed by atoms with Gasteiger partial charge < -0.3 is 9.67 Å². The number of halogens is 1. The Morgan fingerprint density at radius 1 is 1.53 bits per heavy atom. The van der Waals surface area contributed by atoms with Crippen LogP contribution < -0.4 is 0 Å². The fourth-order valence-corrected chi connectivity index (χ4v) is 2.36. The van der Waals surface area contributed by atoms with Gasteiger partial charge in [-0.15, -0.1) is 0 Å². The molecule has 0 atom stereocenters. The first kappa shape index (κ1) is 10.2. The zero-order valence-corrected chi connectivity index (χ0v) is 9.78. The lowest BCUT2D eigenvalue weighted by Gasteiger charge is -2.02. The summed E-state index contributed by atoms with van der Waals surface area (Å²) in [5, 5.41) is 9.88. The van der Waals surface area contributed by atoms with E-state index in [2.05, 4.69) is 15.9 Å². The molecule has 15 heavy (non-hydrogen) atoms. The largest absolute Gasteiger partial charge is 0.480 e. The van der Waals surface area contributed by atoms with Crippen LogP contribution >= 0.6 is 15.9 Å². The zero-order chi connectivity index (χ0) is 11.0. The van der Waals surface area contributed by atoms with Crippen molar-refractivity contribution >= 4 is 32.8 Å². The van der Waals surface area contributed by atoms with Gasteiger partial charge >= 0.3 is 5.97 Å². The minimum absolute atomic E-state index is 0.00699. The van der Waals surface area contributed by atoms with Crippen molar-refractivity contribution in [3.63, 3.8) is 0 Å². The highest BCUT2D eigenvalue weighted by Crippen LogP contribution is 2.27. The topological polar surface area (TPSA) is 42.2 Å². The van der Waals surface area contributed by atoms with Crippen molar-refractivity contribution in [3.05, 3.63) is 34.4 Å². The van der Waals surface area contributed by atoms with Gasteiger partial charge in [-0.2, -0.15) is 0 Å². The average molecular weight is 268 g/mol. The molecule has 0 unspecified atom stereocenters. The molecule has 1 heterocycles. The molecule has 0 spiro atoms. The quantitative estimate of drug-likeness (QED) is 0.909. The number of aromatic nitrogens is 1. The van der Waals surface area contributed by atoms with Gasteiger partial charge in [-0.1, -0.05) is 12.1 Å². The summed E-state index contributed by atoms with van der Waals surface area (Å²) in [5.41, 5.74) is 2.03. The van der Waals surface area contributed by atoms with Gasteiger partial charge in [-0.05, 0) is 34.5 Å². The van der Waals surface area contributed by atoms with E-state index in [1.54, 1.807) is 4.57 Å². The molecule has 0 radical (unpaired) electrons. The molecule has 1 N–H and O–H groups in total. The van der Waals surface area contributed by atoms with Crippen LogP contribution in [0.4, 0.5) is 0 Å². The predicted molar refractivity (Wildman–Crippen MR) is 62.0 cm³/mol. The number of carbonyl (C=O) groups is 1. The molecule has 0 saturated heterocycles. The van der Waals surface area contributed by atoms with Crippen molar-refractivity contribution in [2.75, 3.05) is 0 Å². The van der Waals surface area contributed by atoms with Gasteiger partial charge in [-0.25, -0.2) is 0 Å². The van der Waals surface area contributed by atoms with Crippen LogP contribution in [0, 0.1) is 6.92 Å². The number of aryl methyl sites for hydroxylation is 1. The molecule has 4 heteroatoms. The average Bonchev–Trinajstić information content (AvgIpc) is 2.44. The van der Waals surface area contributed by atoms with E-state index in [4.69, 9.17) is 5.11 Å². The number of hydrogen-bond acceptors (Lipinski definition) is 1. The molecule has 0 amide bonds. The fraction of sp³-hybridized carbons (Fsp3) is 0.182. The van der Waals surface area contributed by atoms with E-state index in [1.165, 1.54) is 0 Å². The Morgan fingerprint density at radius 3 is 2.93 bits per heavy atom. The van der Waals surface area contributed by atoms with E-state index in [0.29, 0.717) is 0 Å². The predicted octanol–water partition coefficient (Wildman–Crippen LogP) is 2.80. The number of benzene rings is 1. The third-order valence-corrected chi connectivity index (χ3v) is 2.99. The summed E-state index contributed by atoms with van der Waals surface area (Å²) < 4.78 is 2.67. The normalized spacial score (nSPS) is 10.8. The molecule has 1 aromatic heterocycles. The fourth-order valence-electron chi connectivity index (χ4n) is 1.76. The Morgan fingerprint density at radius 2 is 2.27 bits per heavy atom. The minimum atomic E-state index is -0.831. The highest BCUT2D eigenvalue weighted by molar-refractivity contribution is 9.10. The third-order valence-electron chi connectivity index (χ3n) is 2.35. The summed E-state index contributed by atoms with van der Waals surface area (Å²) in [6, 6.07) is 5.86. The van der Waals surface area contributed by atoms with E-state index in [9.17, 15) is 4.79 Å². The van der Waals surface area contributed by atoms with Crippen molar-refractivity contribution in [2.24, 2.45) is 0 Å². The van der Waals surface area contributed by atoms with Crippen molar-refractivity contribution in [1.29, 1.82) is 0 Å². The first-order valence-electron chi connectivity index (χ1n) is 4.55. The Labute approximate surface area is 95.5 Å². The van der Waals surface area contributed by atoms with Crippen molar-refractivity contribution in [1.82, 2.24) is 4.57 Å². The molecular weight excluding hydrogens is 258 g/mol. The van der Waals surface area contributed by atoms with E-state index < -0.39 is 5.97 Å². The summed E-state index contributed by atoms with van der Waals surface area (Å²) in [5.74, 6) is -0.831. The van der Waals surface area contributed by atoms with Crippen LogP contribution in [0.2, 0.25) is 0 Å². The standard InChI is InChI=1S/C11H10BrNO2/c1-7-5-13(6-10(14)15)11-8(7)3-2-4-9(11)12/h2-5H,6H2,1H3,(H,14,15). The summed E-state index contributed by atoms with van der Waals surface area (Å²) in [4.78, 5) is 10.7. The molecule has 0 aliphatic heterocycles. The maximum atomic E-state index is 10.7. The Balaban J connectivity index is 2.70. The second-order valence-corrected chi connectivity index (χ2v) is 4.32. The lowest BCUT2D eigenvalue weighted by Crippen LogP contribution is -2.07. The van der Waals surface area contributed by atoms with Crippen molar-refractivity contribution in [3.8, 4) is 0 Å². The van der Waals surface area contributed by atoms with Gasteiger partial charge in [0.05, 0.1) is 5.52 Å². The highest BCUT2D eigenvalue weighted by Gasteiger charge is 2.10. The van der Waals surface area contributed by atoms with Gasteiger partial charge in [0.15, 0.2) is 0 Å². The number of nitrogens with zero attached hydrogens (tertiary/aromatic N) is 1. The third kappa shape index (κ3) is 1.77. The van der Waals surface area contributed by atoms with Gasteiger partial charge in [-0.3, -0.25) is 4.79 Å². The van der Waals surface area contributed by atoms with Gasteiger partial charge in [0.25, 0.3) is 0 Å². The molecule has 0 bridgehead atoms. The molecule has 0 saturated carbocycles. The molecule has 1 aromatic carbocycles. The SMILES string of the molecule is Cc1cn(CC(=O)O)c2c(Br)cccc12. The molecule has 0 aliphatic rings. The molecule has 78 valence electrons. The number of para-hydroxylation sites is 1. The van der Waals surface area contributed by atoms with Crippen LogP contribution in [0.3, 0.4) is 0 Å². The number of carboxylic acids is 1. The smallest absolute Gasteiger partial charge is 0.323 e. The summed E-state index contributed by atoms with van der Waals surface area (Å²) in [7, 11) is 0. The molecular formula is C11H10BrNO2. The van der Waals surface area contributed by atoms with Crippen molar-refractivity contribution < 1.29 is 9.90 Å². The molecule has 0 fully saturated rings. The second kappa shape index (κ2) is 3.70. The summed E-state index contributed by atoms with van der Waals surface area (Å²) in [6.07, 6.45) is 1.86. The molecule has 2 rings (SSSR count). The molecule has 0 aliphatic carbocycles. The van der Waals surface area contributed by atoms with E-state index in [1.807, 2.05) is 31.3 Å². The number of rotatable bonds is 2. The van der Waals surface area contributed by atoms with Crippen LogP contribution in [-0.2, 0) is 11.3 Å². The van der Waals surface area contributed by atoms with E-state index in [0.717, 1.165) is 20.9 Å². The van der Waals surface area contributed by atoms with Crippen LogP contribution in [0.15, 0.2) is 28.9 Å². The number of aliphatic carboxylic acids is 1. The number of hydrogen-bond donors (Lipinski definition) is 1. The van der Waals surface area contributed by atoms with Gasteiger partial charge in [0.2, 0.25) is 0 Å². The van der Waals surface area contributed by atoms with Crippen LogP contribution in [0.5, 0.6) is 0 Å². The Hall–Kier alpha value is -1.29. The van der Waals surface area contributed by atoms with Gasteiger partial charge in [0.1, 0.15) is 6.54 Å². The minimum Gasteiger partial charge on any atom is -0.480 e. The molecule has 2 aromatic rings. The van der Waals surface area contributed by atoms with Crippen LogP contribution in [0.1, 0.15) is 5.56 Å². The second-order valence-electron chi connectivity index (χ2n) is 3.47.